The number of nitrogens with two attached hydrogens (primary N) is 1. The van der Waals surface area contributed by atoms with Crippen molar-refractivity contribution in [2.75, 3.05) is 5.32 Å². The lowest BCUT2D eigenvalue weighted by molar-refractivity contribution is -0.385. The first-order valence-electron chi connectivity index (χ1n) is 7.98. The molecule has 0 spiro atoms. The summed E-state index contributed by atoms with van der Waals surface area (Å²) in [6.45, 7) is 0. The zero-order chi connectivity index (χ0) is 18.0. The van der Waals surface area contributed by atoms with Gasteiger partial charge in [0.2, 0.25) is 0 Å². The number of hydrogen-bond acceptors (Lipinski definition) is 5. The minimum absolute atomic E-state index is 0.0495. The van der Waals surface area contributed by atoms with Gasteiger partial charge in [-0.2, -0.15) is 0 Å². The lowest BCUT2D eigenvalue weighted by Gasteiger charge is -2.06. The fourth-order valence-corrected chi connectivity index (χ4v) is 4.38. The molecule has 0 bridgehead atoms. The lowest BCUT2D eigenvalue weighted by atomic mass is 10.0. The molecule has 2 aromatic rings. The Morgan fingerprint density at radius 3 is 2.60 bits per heavy atom. The number of amides is 2. The van der Waals surface area contributed by atoms with Crippen LogP contribution in [0.2, 0.25) is 0 Å². The molecular formula is C17H17N3O4S. The van der Waals surface area contributed by atoms with Crippen LogP contribution in [0.1, 0.15) is 50.4 Å². The fourth-order valence-electron chi connectivity index (χ4n) is 3.09. The normalized spacial score (nSPS) is 13.6. The molecule has 0 radical (unpaired) electrons. The number of nitrogens with one attached hydrogen (secondary N) is 1. The van der Waals surface area contributed by atoms with Crippen LogP contribution in [0.4, 0.5) is 10.7 Å². The molecule has 0 unspecified atom stereocenters. The van der Waals surface area contributed by atoms with Crippen LogP contribution in [-0.4, -0.2) is 16.7 Å². The van der Waals surface area contributed by atoms with E-state index in [9.17, 15) is 19.7 Å². The first-order chi connectivity index (χ1) is 12.0. The third-order valence-electron chi connectivity index (χ3n) is 4.24. The van der Waals surface area contributed by atoms with Gasteiger partial charge in [0.15, 0.2) is 0 Å². The van der Waals surface area contributed by atoms with Crippen LogP contribution in [0.3, 0.4) is 0 Å². The number of primary amides is 1. The Morgan fingerprint density at radius 1 is 1.16 bits per heavy atom. The van der Waals surface area contributed by atoms with Gasteiger partial charge in [0, 0.05) is 10.9 Å². The third kappa shape index (κ3) is 3.39. The van der Waals surface area contributed by atoms with Gasteiger partial charge in [-0.25, -0.2) is 0 Å². The topological polar surface area (TPSA) is 115 Å². The molecule has 3 N–H and O–H groups in total. The van der Waals surface area contributed by atoms with Crippen molar-refractivity contribution in [1.29, 1.82) is 0 Å². The highest BCUT2D eigenvalue weighted by atomic mass is 32.1. The smallest absolute Gasteiger partial charge is 0.282 e. The quantitative estimate of drug-likeness (QED) is 0.495. The highest BCUT2D eigenvalue weighted by molar-refractivity contribution is 7.17. The van der Waals surface area contributed by atoms with Crippen LogP contribution >= 0.6 is 11.3 Å². The molecule has 0 aliphatic heterocycles. The van der Waals surface area contributed by atoms with Gasteiger partial charge in [0.1, 0.15) is 10.6 Å². The van der Waals surface area contributed by atoms with Crippen molar-refractivity contribution in [3.8, 4) is 0 Å². The predicted molar refractivity (Wildman–Crippen MR) is 95.1 cm³/mol. The molecule has 0 saturated carbocycles. The van der Waals surface area contributed by atoms with E-state index >= 15 is 0 Å². The summed E-state index contributed by atoms with van der Waals surface area (Å²) in [7, 11) is 0. The van der Waals surface area contributed by atoms with Gasteiger partial charge < -0.3 is 11.1 Å². The summed E-state index contributed by atoms with van der Waals surface area (Å²) in [5.41, 5.74) is 6.46. The maximum atomic E-state index is 12.5. The van der Waals surface area contributed by atoms with E-state index in [1.54, 1.807) is 6.07 Å². The van der Waals surface area contributed by atoms with Gasteiger partial charge in [-0.1, -0.05) is 18.6 Å². The molecule has 7 nitrogen and oxygen atoms in total. The fraction of sp³-hybridized carbons (Fsp3) is 0.294. The average molecular weight is 359 g/mol. The molecule has 1 aromatic heterocycles. The van der Waals surface area contributed by atoms with Crippen LogP contribution < -0.4 is 11.1 Å². The minimum atomic E-state index is -0.619. The van der Waals surface area contributed by atoms with Gasteiger partial charge in [0.05, 0.1) is 10.5 Å². The molecule has 1 heterocycles. The van der Waals surface area contributed by atoms with E-state index in [1.807, 2.05) is 0 Å². The molecular weight excluding hydrogens is 342 g/mol. The summed E-state index contributed by atoms with van der Waals surface area (Å²) >= 11 is 1.34. The van der Waals surface area contributed by atoms with E-state index in [2.05, 4.69) is 5.32 Å². The van der Waals surface area contributed by atoms with E-state index < -0.39 is 16.7 Å². The van der Waals surface area contributed by atoms with E-state index in [0.29, 0.717) is 10.6 Å². The van der Waals surface area contributed by atoms with Crippen molar-refractivity contribution in [1.82, 2.24) is 0 Å². The van der Waals surface area contributed by atoms with Crippen LogP contribution in [-0.2, 0) is 12.8 Å². The van der Waals surface area contributed by atoms with Gasteiger partial charge in [0.25, 0.3) is 17.5 Å². The monoisotopic (exact) mass is 359 g/mol. The maximum Gasteiger partial charge on any atom is 0.282 e. The molecule has 130 valence electrons. The van der Waals surface area contributed by atoms with Crippen molar-refractivity contribution < 1.29 is 14.5 Å². The Labute approximate surface area is 148 Å². The zero-order valence-electron chi connectivity index (χ0n) is 13.4. The Bertz CT molecular complexity index is 860. The predicted octanol–water partition coefficient (Wildman–Crippen LogP) is 3.28. The number of rotatable bonds is 4. The number of nitro benzene ring substituents is 1. The van der Waals surface area contributed by atoms with Crippen molar-refractivity contribution in [2.45, 2.75) is 32.1 Å². The van der Waals surface area contributed by atoms with Crippen molar-refractivity contribution in [3.63, 3.8) is 0 Å². The highest BCUT2D eigenvalue weighted by Crippen LogP contribution is 2.37. The van der Waals surface area contributed by atoms with Gasteiger partial charge >= 0.3 is 0 Å². The second kappa shape index (κ2) is 7.02. The average Bonchev–Trinajstić information content (AvgIpc) is 2.76. The van der Waals surface area contributed by atoms with Crippen LogP contribution in [0, 0.1) is 10.1 Å². The summed E-state index contributed by atoms with van der Waals surface area (Å²) in [5.74, 6) is -1.21. The largest absolute Gasteiger partial charge is 0.365 e. The van der Waals surface area contributed by atoms with Crippen LogP contribution in [0.5, 0.6) is 0 Å². The number of carbonyl (C=O) groups is 2. The summed E-state index contributed by atoms with van der Waals surface area (Å²) < 4.78 is 0. The van der Waals surface area contributed by atoms with Crippen LogP contribution in [0.15, 0.2) is 24.3 Å². The maximum absolute atomic E-state index is 12.5. The van der Waals surface area contributed by atoms with Crippen molar-refractivity contribution >= 4 is 33.8 Å². The van der Waals surface area contributed by atoms with Gasteiger partial charge in [-0.15, -0.1) is 11.3 Å². The third-order valence-corrected chi connectivity index (χ3v) is 5.45. The molecule has 25 heavy (non-hydrogen) atoms. The number of nitro groups is 1. The number of hydrogen-bond donors (Lipinski definition) is 2. The van der Waals surface area contributed by atoms with E-state index in [0.717, 1.165) is 42.5 Å². The number of aryl methyl sites for hydroxylation is 1. The first kappa shape index (κ1) is 17.1. The Hall–Kier alpha value is -2.74. The van der Waals surface area contributed by atoms with Gasteiger partial charge in [-0.3, -0.25) is 19.7 Å². The number of nitrogens with zero attached hydrogens (tertiary/aromatic N) is 1. The summed E-state index contributed by atoms with van der Waals surface area (Å²) in [5, 5.41) is 14.1. The first-order valence-corrected chi connectivity index (χ1v) is 8.79. The molecule has 0 saturated heterocycles. The summed E-state index contributed by atoms with van der Waals surface area (Å²) in [6.07, 6.45) is 4.70. The lowest BCUT2D eigenvalue weighted by Crippen LogP contribution is -2.18. The highest BCUT2D eigenvalue weighted by Gasteiger charge is 2.26. The molecule has 0 atom stereocenters. The number of para-hydroxylation sites is 1. The molecule has 0 fully saturated rings. The molecule has 1 aliphatic carbocycles. The summed E-state index contributed by atoms with van der Waals surface area (Å²) in [4.78, 5) is 36.0. The number of carbonyl (C=O) groups excluding carboxylic acids is 2. The number of benzene rings is 1. The zero-order valence-corrected chi connectivity index (χ0v) is 14.2. The van der Waals surface area contributed by atoms with E-state index in [1.165, 1.54) is 29.5 Å². The molecule has 2 amide bonds. The van der Waals surface area contributed by atoms with Gasteiger partial charge in [-0.05, 0) is 37.3 Å². The Morgan fingerprint density at radius 2 is 1.88 bits per heavy atom. The number of fused-ring (bicyclic) bond motifs is 1. The molecule has 3 rings (SSSR count). The summed E-state index contributed by atoms with van der Waals surface area (Å²) in [6, 6.07) is 5.71. The molecule has 8 heteroatoms. The van der Waals surface area contributed by atoms with E-state index in [-0.39, 0.29) is 11.3 Å². The second-order valence-electron chi connectivity index (χ2n) is 5.86. The van der Waals surface area contributed by atoms with Crippen molar-refractivity contribution in [3.05, 3.63) is 55.9 Å². The standard InChI is InChI=1S/C17H17N3O4S/c18-15(21)14-11-7-2-1-3-9-13(11)25-17(14)19-16(22)10-6-4-5-8-12(10)20(23)24/h4-6,8H,1-3,7,9H2,(H2,18,21)(H,19,22). The Balaban J connectivity index is 1.97. The second-order valence-corrected chi connectivity index (χ2v) is 6.97. The molecule has 1 aliphatic rings. The van der Waals surface area contributed by atoms with Crippen LogP contribution in [0.25, 0.3) is 0 Å². The SMILES string of the molecule is NC(=O)c1c(NC(=O)c2ccccc2[N+](=O)[O-])sc2c1CCCCC2. The molecule has 1 aromatic carbocycles. The van der Waals surface area contributed by atoms with Crippen molar-refractivity contribution in [2.24, 2.45) is 5.73 Å². The number of thiophene rings is 1. The van der Waals surface area contributed by atoms with E-state index in [4.69, 9.17) is 5.73 Å². The minimum Gasteiger partial charge on any atom is -0.365 e. The Kier molecular flexibility index (Phi) is 4.80. The number of anilines is 1.